The first kappa shape index (κ1) is 15.3. The number of hydrogen-bond acceptors (Lipinski definition) is 2. The molecule has 114 valence electrons. The van der Waals surface area contributed by atoms with Crippen LogP contribution in [0, 0.1) is 5.82 Å². The van der Waals surface area contributed by atoms with Gasteiger partial charge in [0, 0.05) is 16.7 Å². The summed E-state index contributed by atoms with van der Waals surface area (Å²) >= 11 is 5.81. The highest BCUT2D eigenvalue weighted by molar-refractivity contribution is 6.30. The van der Waals surface area contributed by atoms with Crippen molar-refractivity contribution in [3.8, 4) is 11.3 Å². The quantitative estimate of drug-likeness (QED) is 0.540. The molecule has 0 N–H and O–H groups in total. The monoisotopic (exact) mass is 327 g/mol. The molecule has 3 nitrogen and oxygen atoms in total. The van der Waals surface area contributed by atoms with Crippen molar-refractivity contribution in [2.75, 3.05) is 0 Å². The van der Waals surface area contributed by atoms with E-state index in [1.807, 2.05) is 0 Å². The first-order chi connectivity index (χ1) is 11.1. The van der Waals surface area contributed by atoms with Crippen LogP contribution in [0.15, 0.2) is 67.1 Å². The number of carbonyl (C=O) groups is 1. The smallest absolute Gasteiger partial charge is 0.287 e. The lowest BCUT2D eigenvalue weighted by Gasteiger charge is -2.01. The molecular weight excluding hydrogens is 315 g/mol. The molecule has 5 heteroatoms. The molecule has 0 radical (unpaired) electrons. The summed E-state index contributed by atoms with van der Waals surface area (Å²) < 4.78 is 15.4. The number of benzene rings is 2. The predicted molar refractivity (Wildman–Crippen MR) is 85.6 cm³/mol. The molecule has 0 unspecified atom stereocenters. The molecule has 0 aliphatic rings. The van der Waals surface area contributed by atoms with Crippen LogP contribution in [-0.4, -0.2) is 10.8 Å². The van der Waals surface area contributed by atoms with Gasteiger partial charge >= 0.3 is 0 Å². The van der Waals surface area contributed by atoms with E-state index in [1.54, 1.807) is 59.3 Å². The minimum absolute atomic E-state index is 0.0490. The van der Waals surface area contributed by atoms with Crippen LogP contribution in [0.4, 0.5) is 4.39 Å². The zero-order valence-corrected chi connectivity index (χ0v) is 12.9. The molecule has 2 aromatic carbocycles. The van der Waals surface area contributed by atoms with Crippen molar-refractivity contribution in [3.63, 3.8) is 0 Å². The number of nitrogens with zero attached hydrogens (tertiary/aromatic N) is 2. The van der Waals surface area contributed by atoms with Gasteiger partial charge in [-0.2, -0.15) is 0 Å². The van der Waals surface area contributed by atoms with Crippen molar-refractivity contribution in [2.24, 2.45) is 0 Å². The van der Waals surface area contributed by atoms with Gasteiger partial charge in [-0.15, -0.1) is 0 Å². The standard InChI is InChI=1S/C18H13ClFN2O/c19-14-7-5-13(6-8-14)18(23)11-22-10-9-17(21-12-22)15-3-1-2-4-16(15)20/h1-10,12H,11H2/q+1. The van der Waals surface area contributed by atoms with Gasteiger partial charge in [-0.05, 0) is 41.4 Å². The van der Waals surface area contributed by atoms with Crippen molar-refractivity contribution in [2.45, 2.75) is 6.54 Å². The van der Waals surface area contributed by atoms with Crippen molar-refractivity contribution in [3.05, 3.63) is 83.5 Å². The molecule has 0 aliphatic heterocycles. The molecule has 0 saturated heterocycles. The van der Waals surface area contributed by atoms with Gasteiger partial charge in [0.2, 0.25) is 5.78 Å². The Morgan fingerprint density at radius 2 is 1.83 bits per heavy atom. The highest BCUT2D eigenvalue weighted by Crippen LogP contribution is 2.18. The van der Waals surface area contributed by atoms with E-state index in [1.165, 1.54) is 12.4 Å². The lowest BCUT2D eigenvalue weighted by Crippen LogP contribution is -2.37. The molecule has 0 fully saturated rings. The molecule has 3 aromatic rings. The maximum absolute atomic E-state index is 13.7. The van der Waals surface area contributed by atoms with Gasteiger partial charge in [0.05, 0.1) is 11.8 Å². The van der Waals surface area contributed by atoms with Crippen LogP contribution in [0.2, 0.25) is 5.02 Å². The van der Waals surface area contributed by atoms with Crippen LogP contribution in [0.25, 0.3) is 11.3 Å². The average Bonchev–Trinajstić information content (AvgIpc) is 2.57. The van der Waals surface area contributed by atoms with Crippen LogP contribution in [0.3, 0.4) is 0 Å². The largest absolute Gasteiger partial charge is 0.290 e. The molecule has 0 saturated carbocycles. The van der Waals surface area contributed by atoms with Gasteiger partial charge in [-0.1, -0.05) is 23.7 Å². The third-order valence-corrected chi connectivity index (χ3v) is 3.66. The molecule has 1 aromatic heterocycles. The van der Waals surface area contributed by atoms with Crippen molar-refractivity contribution in [1.29, 1.82) is 0 Å². The molecular formula is C18H13ClFN2O+. The van der Waals surface area contributed by atoms with Crippen LogP contribution in [-0.2, 0) is 6.54 Å². The fraction of sp³-hybridized carbons (Fsp3) is 0.0556. The Balaban J connectivity index is 1.76. The van der Waals surface area contributed by atoms with E-state index >= 15 is 0 Å². The summed E-state index contributed by atoms with van der Waals surface area (Å²) in [6, 6.07) is 14.9. The predicted octanol–water partition coefficient (Wildman–Crippen LogP) is 3.71. The van der Waals surface area contributed by atoms with E-state index < -0.39 is 0 Å². The maximum atomic E-state index is 13.7. The third-order valence-electron chi connectivity index (χ3n) is 3.41. The summed E-state index contributed by atoms with van der Waals surface area (Å²) in [5.41, 5.74) is 1.54. The normalized spacial score (nSPS) is 10.5. The average molecular weight is 328 g/mol. The number of ketones is 1. The molecule has 0 aliphatic carbocycles. The first-order valence-electron chi connectivity index (χ1n) is 7.02. The summed E-state index contributed by atoms with van der Waals surface area (Å²) in [6.45, 7) is 0.159. The van der Waals surface area contributed by atoms with E-state index in [4.69, 9.17) is 11.6 Å². The third kappa shape index (κ3) is 3.60. The van der Waals surface area contributed by atoms with Gasteiger partial charge in [-0.25, -0.2) is 8.96 Å². The summed E-state index contributed by atoms with van der Waals surface area (Å²) in [6.07, 6.45) is 3.23. The Kier molecular flexibility index (Phi) is 4.44. The Morgan fingerprint density at radius 1 is 1.09 bits per heavy atom. The van der Waals surface area contributed by atoms with Gasteiger partial charge < -0.3 is 0 Å². The van der Waals surface area contributed by atoms with E-state index in [0.717, 1.165) is 0 Å². The second kappa shape index (κ2) is 6.67. The lowest BCUT2D eigenvalue weighted by molar-refractivity contribution is -0.686. The van der Waals surface area contributed by atoms with Crippen LogP contribution in [0.1, 0.15) is 10.4 Å². The molecule has 0 spiro atoms. The molecule has 0 atom stereocenters. The fourth-order valence-corrected chi connectivity index (χ4v) is 2.32. The Bertz CT molecular complexity index is 832. The van der Waals surface area contributed by atoms with Crippen molar-refractivity contribution >= 4 is 17.4 Å². The highest BCUT2D eigenvalue weighted by atomic mass is 35.5. The van der Waals surface area contributed by atoms with Gasteiger partial charge in [0.25, 0.3) is 6.33 Å². The van der Waals surface area contributed by atoms with E-state index in [-0.39, 0.29) is 18.1 Å². The van der Waals surface area contributed by atoms with Crippen molar-refractivity contribution < 1.29 is 13.8 Å². The Hall–Kier alpha value is -2.59. The fourth-order valence-electron chi connectivity index (χ4n) is 2.20. The number of rotatable bonds is 4. The molecule has 3 rings (SSSR count). The Morgan fingerprint density at radius 3 is 2.48 bits per heavy atom. The maximum Gasteiger partial charge on any atom is 0.287 e. The highest BCUT2D eigenvalue weighted by Gasteiger charge is 2.13. The second-order valence-corrected chi connectivity index (χ2v) is 5.46. The SMILES string of the molecule is O=C(C[n+]1ccc(-c2ccccc2F)nc1)c1ccc(Cl)cc1. The minimum Gasteiger partial charge on any atom is -0.290 e. The lowest BCUT2D eigenvalue weighted by atomic mass is 10.1. The molecule has 23 heavy (non-hydrogen) atoms. The van der Waals surface area contributed by atoms with Gasteiger partial charge in [-0.3, -0.25) is 4.79 Å². The summed E-state index contributed by atoms with van der Waals surface area (Å²) in [5, 5.41) is 0.588. The van der Waals surface area contributed by atoms with Crippen molar-refractivity contribution in [1.82, 2.24) is 4.98 Å². The topological polar surface area (TPSA) is 33.8 Å². The zero-order valence-electron chi connectivity index (χ0n) is 12.1. The summed E-state index contributed by atoms with van der Waals surface area (Å²) in [4.78, 5) is 16.4. The van der Waals surface area contributed by atoms with Gasteiger partial charge in [0.15, 0.2) is 12.2 Å². The number of halogens is 2. The summed E-state index contributed by atoms with van der Waals surface area (Å²) in [5.74, 6) is -0.373. The molecule has 0 amide bonds. The van der Waals surface area contributed by atoms with Crippen LogP contribution < -0.4 is 4.57 Å². The number of hydrogen-bond donors (Lipinski definition) is 0. The van der Waals surface area contributed by atoms with E-state index in [9.17, 15) is 9.18 Å². The number of carbonyl (C=O) groups excluding carboxylic acids is 1. The van der Waals surface area contributed by atoms with Crippen LogP contribution >= 0.6 is 11.6 Å². The Labute approximate surface area is 138 Å². The van der Waals surface area contributed by atoms with E-state index in [0.29, 0.717) is 21.8 Å². The first-order valence-corrected chi connectivity index (χ1v) is 7.40. The minimum atomic E-state index is -0.324. The summed E-state index contributed by atoms with van der Waals surface area (Å²) in [7, 11) is 0. The molecule has 1 heterocycles. The number of aromatic nitrogens is 2. The molecule has 0 bridgehead atoms. The number of Topliss-reactive ketones (excluding diaryl/α,β-unsaturated/α-hetero) is 1. The second-order valence-electron chi connectivity index (χ2n) is 5.03. The van der Waals surface area contributed by atoms with E-state index in [2.05, 4.69) is 4.98 Å². The zero-order chi connectivity index (χ0) is 16.2. The van der Waals surface area contributed by atoms with Gasteiger partial charge in [0.1, 0.15) is 5.82 Å². The van der Waals surface area contributed by atoms with Crippen LogP contribution in [0.5, 0.6) is 0 Å².